The minimum atomic E-state index is -0.117. The Morgan fingerprint density at radius 1 is 0.444 bits per heavy atom. The molecule has 522 valence electrons. The zero-order valence-electron chi connectivity index (χ0n) is 57.8. The normalized spacial score (nSPS) is 19.2. The van der Waals surface area contributed by atoms with Gasteiger partial charge in [-0.25, -0.2) is 29.5 Å². The summed E-state index contributed by atoms with van der Waals surface area (Å²) < 4.78 is 11.6. The molecule has 7 heterocycles. The number of aromatic nitrogens is 7. The van der Waals surface area contributed by atoms with Gasteiger partial charge in [0.2, 0.25) is 11.8 Å². The molecule has 9 aromatic rings. The Hall–Kier alpha value is -8.17. The average molecular weight is 1360 g/mol. The molecule has 0 radical (unpaired) electrons. The highest BCUT2D eigenvalue weighted by molar-refractivity contribution is 7.13. The molecule has 8 unspecified atom stereocenters. The van der Waals surface area contributed by atoms with Crippen LogP contribution in [0.2, 0.25) is 0 Å². The van der Waals surface area contributed by atoms with E-state index in [1.54, 1.807) is 25.6 Å². The first-order chi connectivity index (χ1) is 48.5. The van der Waals surface area contributed by atoms with Crippen molar-refractivity contribution in [2.75, 3.05) is 53.6 Å². The van der Waals surface area contributed by atoms with E-state index in [-0.39, 0.29) is 11.7 Å². The number of nitrogens with two attached hydrogens (primary N) is 4. The van der Waals surface area contributed by atoms with E-state index >= 15 is 0 Å². The summed E-state index contributed by atoms with van der Waals surface area (Å²) in [6.07, 6.45) is 37.2. The van der Waals surface area contributed by atoms with Crippen LogP contribution in [0.5, 0.6) is 23.3 Å². The van der Waals surface area contributed by atoms with Crippen molar-refractivity contribution in [2.24, 2.45) is 58.4 Å². The SMILES string of the molecule is CCC.COOCC1Cc2ccncc2C1.COOCC1Cc2cnccc2C1=O.NC1Cc2ccncc2C1.NCC1Cc2ccnc(Oc3ccccc3)c2C1.NCC1Cc2ccncc2C1.NCC1Cc2cnc(Oc3ccccc3)cc2C1.PNCC1Cc2ccncc2C1. The van der Waals surface area contributed by atoms with Gasteiger partial charge in [-0.2, -0.15) is 0 Å². The number of benzene rings is 2. The smallest absolute Gasteiger partial charge is 0.222 e. The summed E-state index contributed by atoms with van der Waals surface area (Å²) in [5.74, 6) is 6.12. The highest BCUT2D eigenvalue weighted by Crippen LogP contribution is 2.35. The number of fused-ring (bicyclic) bond motifs is 7. The second-order valence-corrected chi connectivity index (χ2v) is 26.4. The van der Waals surface area contributed by atoms with Crippen molar-refractivity contribution < 1.29 is 33.8 Å². The molecule has 0 bridgehead atoms. The third kappa shape index (κ3) is 22.7. The molecule has 8 atom stereocenters. The third-order valence-electron chi connectivity index (χ3n) is 18.4. The van der Waals surface area contributed by atoms with Crippen LogP contribution in [0.3, 0.4) is 0 Å². The summed E-state index contributed by atoms with van der Waals surface area (Å²) >= 11 is 0. The van der Waals surface area contributed by atoms with Gasteiger partial charge < -0.3 is 37.5 Å². The van der Waals surface area contributed by atoms with Crippen molar-refractivity contribution in [3.8, 4) is 23.3 Å². The number of hydrogen-bond acceptors (Lipinski definition) is 19. The van der Waals surface area contributed by atoms with E-state index < -0.39 is 0 Å². The summed E-state index contributed by atoms with van der Waals surface area (Å²) in [7, 11) is 5.54. The molecule has 0 amide bonds. The number of Topliss-reactive ketones (excluding diaryl/α,β-unsaturated/α-hetero) is 1. The lowest BCUT2D eigenvalue weighted by Gasteiger charge is -2.08. The van der Waals surface area contributed by atoms with Crippen molar-refractivity contribution in [1.29, 1.82) is 0 Å². The Morgan fingerprint density at radius 3 is 1.40 bits per heavy atom. The first-order valence-electron chi connectivity index (χ1n) is 34.7. The number of para-hydroxylation sites is 2. The second-order valence-electron chi connectivity index (χ2n) is 26.0. The fraction of sp³-hybridized carbons (Fsp3) is 0.392. The molecule has 9 N–H and O–H groups in total. The molecular weight excluding hydrogens is 1260 g/mol. The molecule has 0 fully saturated rings. The molecule has 0 saturated heterocycles. The van der Waals surface area contributed by atoms with E-state index in [9.17, 15) is 4.79 Å². The van der Waals surface area contributed by atoms with Gasteiger partial charge in [0.1, 0.15) is 11.5 Å². The molecule has 19 nitrogen and oxygen atoms in total. The minimum absolute atomic E-state index is 0.117. The van der Waals surface area contributed by atoms with Gasteiger partial charge in [-0.15, -0.1) is 0 Å². The highest BCUT2D eigenvalue weighted by atomic mass is 31.0. The zero-order valence-corrected chi connectivity index (χ0v) is 59.0. The predicted octanol–water partition coefficient (Wildman–Crippen LogP) is 11.3. The molecule has 0 saturated carbocycles. The zero-order chi connectivity index (χ0) is 69.6. The van der Waals surface area contributed by atoms with E-state index in [1.807, 2.05) is 129 Å². The third-order valence-corrected chi connectivity index (χ3v) is 18.6. The van der Waals surface area contributed by atoms with Crippen LogP contribution in [0.25, 0.3) is 0 Å². The largest absolute Gasteiger partial charge is 0.439 e. The number of pyridine rings is 7. The van der Waals surface area contributed by atoms with Crippen molar-refractivity contribution in [1.82, 2.24) is 40.0 Å². The molecule has 0 spiro atoms. The minimum Gasteiger partial charge on any atom is -0.439 e. The highest BCUT2D eigenvalue weighted by Gasteiger charge is 2.31. The molecule has 99 heavy (non-hydrogen) atoms. The summed E-state index contributed by atoms with van der Waals surface area (Å²) in [6.45, 7) is 8.58. The lowest BCUT2D eigenvalue weighted by molar-refractivity contribution is -0.279. The van der Waals surface area contributed by atoms with Gasteiger partial charge in [0.15, 0.2) is 5.78 Å². The number of nitrogens with one attached hydrogen (secondary N) is 1. The van der Waals surface area contributed by atoms with Crippen LogP contribution in [-0.4, -0.2) is 100 Å². The van der Waals surface area contributed by atoms with Crippen LogP contribution < -0.4 is 37.5 Å². The number of ketones is 1. The standard InChI is InChI=1S/2C15H16N2O.C10H11NO3.C10H13NO2.C9H13N2P.C9H12N2.C8H10N2.C3H8/c16-9-11-6-12-8-15(17-10-13(12)7-11)18-14-4-2-1-3-5-14;16-10-11-8-12-6-7-17-15(14(12)9-11)18-13-4-2-1-3-5-13;1-13-14-6-8-4-7-5-11-3-2-9(7)10(8)12;1-12-13-7-8-4-9-2-3-11-6-10(9)5-8;12-11-5-7-3-8-1-2-10-6-9(8)4-7;10-5-7-3-8-1-2-11-6-9(8)4-7;9-8-3-6-1-2-10-5-7(6)4-8;1-3-2/h1-5,8,10-11H,6-7,9,16H2;1-7,11H,8-10,16H2;2-3,5,8H,4,6H2,1H3;2-3,6,8H,4-5,7H2,1H3;1-2,6-7,11H,3-5,12H2;1-2,6-7H,3-5,10H2;1-2,5,8H,3-4,9H2;3H2,1-2H3. The first-order valence-corrected chi connectivity index (χ1v) is 35.2. The van der Waals surface area contributed by atoms with Gasteiger partial charge in [-0.3, -0.25) is 29.7 Å². The van der Waals surface area contributed by atoms with Gasteiger partial charge in [0.25, 0.3) is 0 Å². The van der Waals surface area contributed by atoms with Crippen LogP contribution in [0.15, 0.2) is 177 Å². The van der Waals surface area contributed by atoms with Crippen molar-refractivity contribution in [3.63, 3.8) is 0 Å². The molecule has 2 aromatic carbocycles. The maximum absolute atomic E-state index is 11.7. The van der Waals surface area contributed by atoms with Crippen LogP contribution in [0, 0.1) is 35.5 Å². The van der Waals surface area contributed by atoms with Crippen molar-refractivity contribution >= 4 is 15.2 Å². The summed E-state index contributed by atoms with van der Waals surface area (Å²) in [5, 5.41) is 3.14. The van der Waals surface area contributed by atoms with E-state index in [0.717, 1.165) is 125 Å². The Kier molecular flexibility index (Phi) is 30.5. The predicted molar refractivity (Wildman–Crippen MR) is 391 cm³/mol. The lowest BCUT2D eigenvalue weighted by atomic mass is 10.1. The molecule has 7 aliphatic carbocycles. The monoisotopic (exact) mass is 1360 g/mol. The van der Waals surface area contributed by atoms with Crippen molar-refractivity contribution in [2.45, 2.75) is 110 Å². The molecule has 20 heteroatoms. The molecule has 7 aromatic heterocycles. The first kappa shape index (κ1) is 75.0. The van der Waals surface area contributed by atoms with Crippen LogP contribution in [-0.2, 0) is 103 Å². The summed E-state index contributed by atoms with van der Waals surface area (Å²) in [6, 6.07) is 34.1. The quantitative estimate of drug-likeness (QED) is 0.0362. The van der Waals surface area contributed by atoms with Gasteiger partial charge >= 0.3 is 0 Å². The Labute approximate surface area is 586 Å². The van der Waals surface area contributed by atoms with Crippen molar-refractivity contribution in [3.05, 3.63) is 255 Å². The number of nitrogens with zero attached hydrogens (tertiary/aromatic N) is 7. The van der Waals surface area contributed by atoms with E-state index in [0.29, 0.717) is 55.2 Å². The van der Waals surface area contributed by atoms with Crippen LogP contribution in [0.1, 0.15) is 103 Å². The fourth-order valence-electron chi connectivity index (χ4n) is 13.4. The Morgan fingerprint density at radius 2 is 0.869 bits per heavy atom. The molecule has 0 aliphatic heterocycles. The fourth-order valence-corrected chi connectivity index (χ4v) is 13.7. The maximum Gasteiger partial charge on any atom is 0.222 e. The topological polar surface area (TPSA) is 279 Å². The summed E-state index contributed by atoms with van der Waals surface area (Å²) in [5.41, 5.74) is 41.0. The number of carbonyl (C=O) groups is 1. The molecular formula is C79H99N12O7P. The van der Waals surface area contributed by atoms with Gasteiger partial charge in [0, 0.05) is 104 Å². The van der Waals surface area contributed by atoms with Crippen LogP contribution in [0.4, 0.5) is 0 Å². The summed E-state index contributed by atoms with van der Waals surface area (Å²) in [4.78, 5) is 59.5. The average Bonchev–Trinajstić information content (AvgIpc) is 1.71. The number of ether oxygens (including phenoxy) is 2. The molecule has 7 aliphatic rings. The maximum atomic E-state index is 11.7. The second kappa shape index (κ2) is 40.2. The number of carbonyl (C=O) groups excluding carboxylic acids is 1. The Bertz CT molecular complexity index is 3800. The lowest BCUT2D eigenvalue weighted by Crippen LogP contribution is -2.18. The van der Waals surface area contributed by atoms with Crippen LogP contribution >= 0.6 is 9.39 Å². The van der Waals surface area contributed by atoms with E-state index in [4.69, 9.17) is 42.2 Å². The molecule has 16 rings (SSSR count). The van der Waals surface area contributed by atoms with Gasteiger partial charge in [-0.1, -0.05) is 66.1 Å². The Balaban J connectivity index is 0.000000135. The number of rotatable bonds is 15. The van der Waals surface area contributed by atoms with Gasteiger partial charge in [-0.05, 0) is 260 Å². The van der Waals surface area contributed by atoms with E-state index in [2.05, 4.69) is 103 Å². The number of hydrogen-bond donors (Lipinski definition) is 5. The van der Waals surface area contributed by atoms with Gasteiger partial charge in [0.05, 0.1) is 33.4 Å². The van der Waals surface area contributed by atoms with E-state index in [1.165, 1.54) is 93.1 Å².